The molecule has 0 atom stereocenters. The lowest BCUT2D eigenvalue weighted by Gasteiger charge is -2.19. The first kappa shape index (κ1) is 18.2. The van der Waals surface area contributed by atoms with Crippen molar-refractivity contribution >= 4 is 29.4 Å². The average molecular weight is 369 g/mol. The van der Waals surface area contributed by atoms with Gasteiger partial charge in [-0.05, 0) is 42.7 Å². The molecule has 4 nitrogen and oxygen atoms in total. The maximum absolute atomic E-state index is 12.5. The van der Waals surface area contributed by atoms with E-state index in [9.17, 15) is 4.79 Å². The minimum absolute atomic E-state index is 0. The molecule has 26 heavy (non-hydrogen) atoms. The molecule has 1 aliphatic rings. The van der Waals surface area contributed by atoms with E-state index in [0.29, 0.717) is 18.8 Å². The minimum atomic E-state index is -0.291. The van der Waals surface area contributed by atoms with Crippen LogP contribution in [0.25, 0.3) is 10.9 Å². The number of hydrogen-bond donors (Lipinski definition) is 0. The van der Waals surface area contributed by atoms with Gasteiger partial charge >= 0.3 is 6.09 Å². The number of carbonyl (C=O) groups is 1. The van der Waals surface area contributed by atoms with E-state index in [1.165, 1.54) is 16.5 Å². The molecule has 2 heterocycles. The number of fused-ring (bicyclic) bond motifs is 2. The molecular weight excluding hydrogens is 348 g/mol. The molecule has 2 aromatic carbocycles. The number of amides is 1. The van der Waals surface area contributed by atoms with Crippen LogP contribution in [0, 0.1) is 6.92 Å². The first-order chi connectivity index (χ1) is 12.2. The number of ether oxygens (including phenoxy) is 1. The van der Waals surface area contributed by atoms with Crippen molar-refractivity contribution in [3.05, 3.63) is 71.4 Å². The predicted molar refractivity (Wildman–Crippen MR) is 105 cm³/mol. The van der Waals surface area contributed by atoms with E-state index in [4.69, 9.17) is 9.72 Å². The van der Waals surface area contributed by atoms with Crippen LogP contribution in [-0.4, -0.2) is 29.1 Å². The Kier molecular flexibility index (Phi) is 5.43. The van der Waals surface area contributed by atoms with Gasteiger partial charge in [0, 0.05) is 30.6 Å². The van der Waals surface area contributed by atoms with E-state index in [1.54, 1.807) is 17.0 Å². The van der Waals surface area contributed by atoms with Gasteiger partial charge in [-0.2, -0.15) is 0 Å². The lowest BCUT2D eigenvalue weighted by Crippen LogP contribution is -2.35. The molecule has 0 saturated carbocycles. The van der Waals surface area contributed by atoms with E-state index >= 15 is 0 Å². The molecule has 134 valence electrons. The van der Waals surface area contributed by atoms with Gasteiger partial charge in [-0.15, -0.1) is 12.4 Å². The summed E-state index contributed by atoms with van der Waals surface area (Å²) in [6.45, 7) is 3.43. The Morgan fingerprint density at radius 3 is 2.50 bits per heavy atom. The molecule has 5 heteroatoms. The Labute approximate surface area is 159 Å². The summed E-state index contributed by atoms with van der Waals surface area (Å²) in [5.41, 5.74) is 4.68. The normalized spacial score (nSPS) is 13.5. The second-order valence-electron chi connectivity index (χ2n) is 6.35. The predicted octanol–water partition coefficient (Wildman–Crippen LogP) is 4.56. The van der Waals surface area contributed by atoms with Crippen LogP contribution in [0.5, 0.6) is 5.75 Å². The van der Waals surface area contributed by atoms with Gasteiger partial charge in [-0.1, -0.05) is 36.4 Å². The van der Waals surface area contributed by atoms with Crippen LogP contribution in [-0.2, 0) is 12.8 Å². The second kappa shape index (κ2) is 7.75. The molecular formula is C21H21ClN2O2. The number of hydrogen-bond acceptors (Lipinski definition) is 3. The van der Waals surface area contributed by atoms with Crippen LogP contribution in [0.2, 0.25) is 0 Å². The number of carbonyl (C=O) groups excluding carboxylic acids is 1. The monoisotopic (exact) mass is 368 g/mol. The van der Waals surface area contributed by atoms with Crippen LogP contribution in [0.4, 0.5) is 4.79 Å². The molecule has 0 saturated heterocycles. The first-order valence-corrected chi connectivity index (χ1v) is 8.61. The molecule has 1 amide bonds. The highest BCUT2D eigenvalue weighted by molar-refractivity contribution is 5.85. The van der Waals surface area contributed by atoms with E-state index in [2.05, 4.69) is 19.1 Å². The fourth-order valence-corrected chi connectivity index (χ4v) is 3.45. The van der Waals surface area contributed by atoms with E-state index in [1.807, 2.05) is 30.3 Å². The molecule has 4 rings (SSSR count). The van der Waals surface area contributed by atoms with Crippen molar-refractivity contribution in [1.82, 2.24) is 9.88 Å². The topological polar surface area (TPSA) is 42.4 Å². The fraction of sp³-hybridized carbons (Fsp3) is 0.238. The van der Waals surface area contributed by atoms with Crippen molar-refractivity contribution in [2.45, 2.75) is 19.8 Å². The second-order valence-corrected chi connectivity index (χ2v) is 6.35. The summed E-state index contributed by atoms with van der Waals surface area (Å²) in [4.78, 5) is 19.1. The number of pyridine rings is 1. The Balaban J connectivity index is 0.00000196. The zero-order valence-corrected chi connectivity index (χ0v) is 15.5. The quantitative estimate of drug-likeness (QED) is 0.632. The summed E-state index contributed by atoms with van der Waals surface area (Å²) in [5.74, 6) is 0.578. The number of aryl methyl sites for hydroxylation is 1. The molecule has 0 unspecified atom stereocenters. The molecule has 0 fully saturated rings. The van der Waals surface area contributed by atoms with E-state index in [0.717, 1.165) is 24.1 Å². The molecule has 3 aromatic rings. The van der Waals surface area contributed by atoms with E-state index < -0.39 is 0 Å². The van der Waals surface area contributed by atoms with Gasteiger partial charge in [0.15, 0.2) is 0 Å². The zero-order valence-electron chi connectivity index (χ0n) is 14.6. The third-order valence-electron chi connectivity index (χ3n) is 4.82. The van der Waals surface area contributed by atoms with Crippen LogP contribution in [0.1, 0.15) is 16.8 Å². The van der Waals surface area contributed by atoms with Gasteiger partial charge in [0.2, 0.25) is 0 Å². The molecule has 1 aromatic heterocycles. The minimum Gasteiger partial charge on any atom is -0.410 e. The largest absolute Gasteiger partial charge is 0.415 e. The van der Waals surface area contributed by atoms with Crippen molar-refractivity contribution in [3.8, 4) is 5.75 Å². The van der Waals surface area contributed by atoms with Crippen LogP contribution < -0.4 is 4.74 Å². The van der Waals surface area contributed by atoms with Crippen LogP contribution in [0.3, 0.4) is 0 Å². The van der Waals surface area contributed by atoms with Gasteiger partial charge < -0.3 is 9.64 Å². The van der Waals surface area contributed by atoms with Crippen LogP contribution in [0.15, 0.2) is 54.6 Å². The van der Waals surface area contributed by atoms with Crippen molar-refractivity contribution in [2.75, 3.05) is 13.1 Å². The third kappa shape index (κ3) is 3.51. The summed E-state index contributed by atoms with van der Waals surface area (Å²) in [5, 5.41) is 1.20. The van der Waals surface area contributed by atoms with E-state index in [-0.39, 0.29) is 18.5 Å². The zero-order chi connectivity index (χ0) is 17.2. The number of benzene rings is 2. The number of para-hydroxylation sites is 2. The molecule has 0 bridgehead atoms. The SMILES string of the molecule is Cc1c2c(nc3ccccc13)CCN(C(=O)Oc1ccccc1)CC2.Cl. The number of aromatic nitrogens is 1. The Morgan fingerprint density at radius 2 is 1.69 bits per heavy atom. The summed E-state index contributed by atoms with van der Waals surface area (Å²) in [7, 11) is 0. The summed E-state index contributed by atoms with van der Waals surface area (Å²) >= 11 is 0. The van der Waals surface area contributed by atoms with Crippen molar-refractivity contribution in [1.29, 1.82) is 0 Å². The lowest BCUT2D eigenvalue weighted by molar-refractivity contribution is 0.154. The van der Waals surface area contributed by atoms with Gasteiger partial charge in [0.1, 0.15) is 5.75 Å². The standard InChI is InChI=1S/C21H20N2O2.ClH/c1-15-17-9-5-6-10-19(17)22-20-12-14-23(13-11-18(15)20)21(24)25-16-7-3-2-4-8-16;/h2-10H,11-14H2,1H3;1H. The van der Waals surface area contributed by atoms with Crippen molar-refractivity contribution < 1.29 is 9.53 Å². The molecule has 0 N–H and O–H groups in total. The average Bonchev–Trinajstić information content (AvgIpc) is 2.86. The summed E-state index contributed by atoms with van der Waals surface area (Å²) < 4.78 is 5.48. The molecule has 0 radical (unpaired) electrons. The molecule has 0 aliphatic carbocycles. The van der Waals surface area contributed by atoms with Gasteiger partial charge in [0.05, 0.1) is 5.52 Å². The van der Waals surface area contributed by atoms with Crippen molar-refractivity contribution in [2.24, 2.45) is 0 Å². The van der Waals surface area contributed by atoms with Crippen molar-refractivity contribution in [3.63, 3.8) is 0 Å². The Morgan fingerprint density at radius 1 is 1.00 bits per heavy atom. The fourth-order valence-electron chi connectivity index (χ4n) is 3.45. The molecule has 1 aliphatic heterocycles. The summed E-state index contributed by atoms with van der Waals surface area (Å²) in [6.07, 6.45) is 1.27. The first-order valence-electron chi connectivity index (χ1n) is 8.61. The third-order valence-corrected chi connectivity index (χ3v) is 4.82. The molecule has 0 spiro atoms. The summed E-state index contributed by atoms with van der Waals surface area (Å²) in [6, 6.07) is 17.4. The van der Waals surface area contributed by atoms with Gasteiger partial charge in [0.25, 0.3) is 0 Å². The highest BCUT2D eigenvalue weighted by atomic mass is 35.5. The Hall–Kier alpha value is -2.59. The highest BCUT2D eigenvalue weighted by Gasteiger charge is 2.22. The van der Waals surface area contributed by atoms with Crippen LogP contribution >= 0.6 is 12.4 Å². The smallest absolute Gasteiger partial charge is 0.410 e. The lowest BCUT2D eigenvalue weighted by atomic mass is 9.99. The number of rotatable bonds is 1. The maximum Gasteiger partial charge on any atom is 0.415 e. The van der Waals surface area contributed by atoms with Gasteiger partial charge in [-0.3, -0.25) is 4.98 Å². The number of nitrogens with zero attached hydrogens (tertiary/aromatic N) is 2. The maximum atomic E-state index is 12.5. The highest BCUT2D eigenvalue weighted by Crippen LogP contribution is 2.26. The van der Waals surface area contributed by atoms with Gasteiger partial charge in [-0.25, -0.2) is 4.79 Å². The Bertz CT molecular complexity index is 928. The number of halogens is 1.